The first-order chi connectivity index (χ1) is 13.9. The van der Waals surface area contributed by atoms with E-state index in [1.165, 1.54) is 31.2 Å². The number of rotatable bonds is 3. The van der Waals surface area contributed by atoms with Gasteiger partial charge in [-0.15, -0.1) is 0 Å². The second-order valence-corrected chi connectivity index (χ2v) is 6.08. The molecule has 4 rings (SSSR count). The molecule has 0 radical (unpaired) electrons. The van der Waals surface area contributed by atoms with Crippen molar-refractivity contribution in [3.8, 4) is 22.5 Å². The van der Waals surface area contributed by atoms with E-state index < -0.39 is 0 Å². The smallest absolute Gasteiger partial charge is 0.350 e. The molecule has 2 aromatic heterocycles. The van der Waals surface area contributed by atoms with Crippen LogP contribution in [0, 0.1) is 11.6 Å². The summed E-state index contributed by atoms with van der Waals surface area (Å²) < 4.78 is 25.3. The number of nitrogens with two attached hydrogens (primary N) is 1. The van der Waals surface area contributed by atoms with Gasteiger partial charge in [0.25, 0.3) is 0 Å². The number of anilines is 2. The summed E-state index contributed by atoms with van der Waals surface area (Å²) in [6, 6.07) is 12.2. The molecule has 0 atom stereocenters. The quantitative estimate of drug-likeness (QED) is 0.375. The lowest BCUT2D eigenvalue weighted by Gasteiger charge is -1.97. The van der Waals surface area contributed by atoms with E-state index in [1.54, 1.807) is 36.7 Å². The van der Waals surface area contributed by atoms with Crippen molar-refractivity contribution in [2.45, 2.75) is 6.92 Å². The van der Waals surface area contributed by atoms with Gasteiger partial charge in [0.1, 0.15) is 23.5 Å². The predicted octanol–water partition coefficient (Wildman–Crippen LogP) is 0.395. The number of carbonyl (C=O) groups excluding carboxylic acids is 1. The SMILES string of the molecule is CC(=O)Nc1ncc(-c2ccc(F)cc2)[nH]1.Nc1[nH]c(-c2ccc(F)cc2)c[nH+]1.[Cl-]. The Morgan fingerprint density at radius 1 is 0.967 bits per heavy atom. The molecule has 7 nitrogen and oxygen atoms in total. The van der Waals surface area contributed by atoms with Crippen LogP contribution in [-0.2, 0) is 4.79 Å². The van der Waals surface area contributed by atoms with Crippen LogP contribution in [0.3, 0.4) is 0 Å². The Morgan fingerprint density at radius 3 is 1.97 bits per heavy atom. The zero-order chi connectivity index (χ0) is 20.8. The van der Waals surface area contributed by atoms with Crippen LogP contribution >= 0.6 is 0 Å². The molecule has 0 aliphatic carbocycles. The summed E-state index contributed by atoms with van der Waals surface area (Å²) in [6.07, 6.45) is 3.32. The van der Waals surface area contributed by atoms with E-state index in [4.69, 9.17) is 5.73 Å². The summed E-state index contributed by atoms with van der Waals surface area (Å²) in [7, 11) is 0. The Kier molecular flexibility index (Phi) is 7.65. The average Bonchev–Trinajstić information content (AvgIpc) is 3.32. The van der Waals surface area contributed by atoms with Crippen molar-refractivity contribution >= 4 is 17.8 Å². The first-order valence-corrected chi connectivity index (χ1v) is 8.61. The lowest BCUT2D eigenvalue weighted by Crippen LogP contribution is -3.00. The van der Waals surface area contributed by atoms with Gasteiger partial charge in [0.05, 0.1) is 11.9 Å². The summed E-state index contributed by atoms with van der Waals surface area (Å²) >= 11 is 0. The maximum Gasteiger partial charge on any atom is 0.350 e. The highest BCUT2D eigenvalue weighted by molar-refractivity contribution is 5.87. The maximum atomic E-state index is 12.7. The molecule has 4 aromatic rings. The second kappa shape index (κ2) is 10.2. The van der Waals surface area contributed by atoms with Crippen molar-refractivity contribution in [3.05, 3.63) is 72.6 Å². The number of nitrogens with zero attached hydrogens (tertiary/aromatic N) is 1. The molecule has 30 heavy (non-hydrogen) atoms. The highest BCUT2D eigenvalue weighted by Crippen LogP contribution is 2.18. The van der Waals surface area contributed by atoms with Crippen molar-refractivity contribution in [2.75, 3.05) is 11.1 Å². The van der Waals surface area contributed by atoms with Crippen LogP contribution in [0.2, 0.25) is 0 Å². The van der Waals surface area contributed by atoms with E-state index in [1.807, 2.05) is 0 Å². The van der Waals surface area contributed by atoms with E-state index >= 15 is 0 Å². The summed E-state index contributed by atoms with van der Waals surface area (Å²) in [4.78, 5) is 23.4. The molecule has 2 heterocycles. The van der Waals surface area contributed by atoms with E-state index in [0.29, 0.717) is 11.9 Å². The molecule has 0 aliphatic heterocycles. The van der Waals surface area contributed by atoms with Gasteiger partial charge in [-0.1, -0.05) is 0 Å². The fourth-order valence-electron chi connectivity index (χ4n) is 2.48. The largest absolute Gasteiger partial charge is 1.00 e. The summed E-state index contributed by atoms with van der Waals surface area (Å²) in [5.41, 5.74) is 8.74. The topological polar surface area (TPSA) is 114 Å². The number of carbonyl (C=O) groups is 1. The first-order valence-electron chi connectivity index (χ1n) is 8.61. The van der Waals surface area contributed by atoms with Crippen molar-refractivity contribution < 1.29 is 31.0 Å². The van der Waals surface area contributed by atoms with Crippen LogP contribution in [0.5, 0.6) is 0 Å². The molecule has 1 amide bonds. The number of H-pyrrole nitrogens is 3. The number of amides is 1. The third-order valence-electron chi connectivity index (χ3n) is 3.82. The number of nitrogen functional groups attached to an aromatic ring is 1. The van der Waals surface area contributed by atoms with E-state index in [0.717, 1.165) is 22.5 Å². The van der Waals surface area contributed by atoms with Crippen LogP contribution in [0.4, 0.5) is 20.7 Å². The molecule has 0 fully saturated rings. The number of halogens is 3. The molecule has 0 bridgehead atoms. The highest BCUT2D eigenvalue weighted by Gasteiger charge is 2.05. The van der Waals surface area contributed by atoms with Gasteiger partial charge in [-0.2, -0.15) is 0 Å². The Bertz CT molecular complexity index is 1090. The second-order valence-electron chi connectivity index (χ2n) is 6.08. The fraction of sp³-hybridized carbons (Fsp3) is 0.0500. The lowest BCUT2D eigenvalue weighted by atomic mass is 10.2. The van der Waals surface area contributed by atoms with Gasteiger partial charge in [-0.3, -0.25) is 15.8 Å². The predicted molar refractivity (Wildman–Crippen MR) is 105 cm³/mol. The zero-order valence-electron chi connectivity index (χ0n) is 15.8. The molecule has 0 saturated heterocycles. The number of hydrogen-bond donors (Lipinski definition) is 4. The van der Waals surface area contributed by atoms with Gasteiger partial charge < -0.3 is 17.4 Å². The zero-order valence-corrected chi connectivity index (χ0v) is 16.6. The summed E-state index contributed by atoms with van der Waals surface area (Å²) in [6.45, 7) is 1.40. The molecule has 0 saturated carbocycles. The molecule has 6 N–H and O–H groups in total. The fourth-order valence-corrected chi connectivity index (χ4v) is 2.48. The summed E-state index contributed by atoms with van der Waals surface area (Å²) in [5.74, 6) is 0.142. The Hall–Kier alpha value is -3.72. The standard InChI is InChI=1S/C11H10FN3O.C9H8FN3.ClH/c1-7(16)14-11-13-6-10(15-11)8-2-4-9(12)5-3-8;10-7-3-1-6(2-4-7)8-5-12-9(11)13-8;/h2-6H,1H3,(H2,13,14,15,16);1-5H,(H3,11,12,13);1H. The third kappa shape index (κ3) is 6.14. The molecule has 0 aliphatic rings. The van der Waals surface area contributed by atoms with Crippen LogP contribution in [0.25, 0.3) is 22.5 Å². The van der Waals surface area contributed by atoms with Gasteiger partial charge in [-0.05, 0) is 54.1 Å². The van der Waals surface area contributed by atoms with Crippen molar-refractivity contribution in [1.29, 1.82) is 0 Å². The van der Waals surface area contributed by atoms with E-state index in [2.05, 4.69) is 25.3 Å². The molecule has 0 unspecified atom stereocenters. The van der Waals surface area contributed by atoms with E-state index in [-0.39, 0.29) is 29.9 Å². The van der Waals surface area contributed by atoms with E-state index in [9.17, 15) is 13.6 Å². The number of aromatic nitrogens is 4. The summed E-state index contributed by atoms with van der Waals surface area (Å²) in [5, 5.41) is 2.53. The van der Waals surface area contributed by atoms with Gasteiger partial charge in [0, 0.05) is 12.5 Å². The van der Waals surface area contributed by atoms with Crippen molar-refractivity contribution in [1.82, 2.24) is 15.0 Å². The van der Waals surface area contributed by atoms with Crippen molar-refractivity contribution in [3.63, 3.8) is 0 Å². The van der Waals surface area contributed by atoms with Gasteiger partial charge in [0.15, 0.2) is 0 Å². The van der Waals surface area contributed by atoms with Gasteiger partial charge in [-0.25, -0.2) is 23.7 Å². The van der Waals surface area contributed by atoms with Crippen LogP contribution in [-0.4, -0.2) is 20.9 Å². The van der Waals surface area contributed by atoms with Crippen LogP contribution in [0.15, 0.2) is 60.9 Å². The minimum Gasteiger partial charge on any atom is -1.00 e. The minimum atomic E-state index is -0.287. The highest BCUT2D eigenvalue weighted by atomic mass is 35.5. The molecule has 2 aromatic carbocycles. The Balaban J connectivity index is 0.000000211. The lowest BCUT2D eigenvalue weighted by molar-refractivity contribution is -0.357. The Labute approximate surface area is 177 Å². The van der Waals surface area contributed by atoms with Gasteiger partial charge in [0.2, 0.25) is 11.9 Å². The molecule has 10 heteroatoms. The molecule has 156 valence electrons. The number of benzene rings is 2. The number of aromatic amines is 3. The normalized spacial score (nSPS) is 9.83. The number of hydrogen-bond acceptors (Lipinski definition) is 3. The van der Waals surface area contributed by atoms with Crippen LogP contribution < -0.4 is 28.4 Å². The molecular weight excluding hydrogens is 414 g/mol. The number of imidazole rings is 2. The van der Waals surface area contributed by atoms with Gasteiger partial charge >= 0.3 is 5.95 Å². The maximum absolute atomic E-state index is 12.7. The first kappa shape index (κ1) is 22.6. The molecule has 0 spiro atoms. The monoisotopic (exact) mass is 432 g/mol. The average molecular weight is 433 g/mol. The Morgan fingerprint density at radius 2 is 1.50 bits per heavy atom. The minimum absolute atomic E-state index is 0. The molecular formula is C20H19ClF2N6O. The third-order valence-corrected chi connectivity index (χ3v) is 3.82. The van der Waals surface area contributed by atoms with Crippen molar-refractivity contribution in [2.24, 2.45) is 0 Å². The number of nitrogens with one attached hydrogen (secondary N) is 4. The van der Waals surface area contributed by atoms with Crippen LogP contribution in [0.1, 0.15) is 6.92 Å².